The highest BCUT2D eigenvalue weighted by Crippen LogP contribution is 2.54. The molecular formula is C12H22N2O. The maximum Gasteiger partial charge on any atom is 0.0745 e. The lowest BCUT2D eigenvalue weighted by Crippen LogP contribution is -2.62. The molecule has 0 aromatic rings. The lowest BCUT2D eigenvalue weighted by atomic mass is 9.55. The Bertz CT molecular complexity index is 245. The van der Waals surface area contributed by atoms with Crippen molar-refractivity contribution in [3.05, 3.63) is 0 Å². The maximum atomic E-state index is 10.9. The third-order valence-corrected chi connectivity index (χ3v) is 5.19. The van der Waals surface area contributed by atoms with Crippen molar-refractivity contribution in [3.63, 3.8) is 0 Å². The topological polar surface area (TPSA) is 58.3 Å². The molecule has 2 aliphatic heterocycles. The Labute approximate surface area is 91.4 Å². The van der Waals surface area contributed by atoms with Gasteiger partial charge in [0.25, 0.3) is 0 Å². The highest BCUT2D eigenvalue weighted by atomic mass is 16.3. The second-order valence-corrected chi connectivity index (χ2v) is 5.92. The minimum atomic E-state index is -0.461. The Morgan fingerprint density at radius 2 is 1.80 bits per heavy atom. The number of fused-ring (bicyclic) bond motifs is 2. The molecule has 86 valence electrons. The average molecular weight is 210 g/mol. The van der Waals surface area contributed by atoms with E-state index in [4.69, 9.17) is 5.73 Å². The van der Waals surface area contributed by atoms with Gasteiger partial charge in [0.1, 0.15) is 0 Å². The minimum absolute atomic E-state index is 0.0654. The summed E-state index contributed by atoms with van der Waals surface area (Å²) in [4.78, 5) is 0. The molecular weight excluding hydrogens is 188 g/mol. The van der Waals surface area contributed by atoms with E-state index in [9.17, 15) is 5.11 Å². The Morgan fingerprint density at radius 1 is 1.20 bits per heavy atom. The van der Waals surface area contributed by atoms with Crippen LogP contribution >= 0.6 is 0 Å². The molecule has 3 fully saturated rings. The van der Waals surface area contributed by atoms with Crippen LogP contribution in [0.2, 0.25) is 0 Å². The molecule has 2 saturated heterocycles. The van der Waals surface area contributed by atoms with E-state index in [1.807, 2.05) is 0 Å². The summed E-state index contributed by atoms with van der Waals surface area (Å²) in [6.07, 6.45) is 7.88. The Morgan fingerprint density at radius 3 is 2.20 bits per heavy atom. The van der Waals surface area contributed by atoms with Gasteiger partial charge < -0.3 is 16.2 Å². The predicted molar refractivity (Wildman–Crippen MR) is 59.5 cm³/mol. The second kappa shape index (κ2) is 3.19. The van der Waals surface area contributed by atoms with Gasteiger partial charge in [-0.25, -0.2) is 0 Å². The van der Waals surface area contributed by atoms with Gasteiger partial charge in [0.05, 0.1) is 5.60 Å². The standard InChI is InChI=1S/C12H22N2O/c13-8-11(4-1-5-11)12(15)6-9-2-3-10(7-12)14-9/h9-10,14-15H,1-8,13H2. The monoisotopic (exact) mass is 210 g/mol. The van der Waals surface area contributed by atoms with Crippen molar-refractivity contribution in [3.8, 4) is 0 Å². The number of aliphatic hydroxyl groups is 1. The number of piperidine rings is 1. The predicted octanol–water partition coefficient (Wildman–Crippen LogP) is 0.761. The average Bonchev–Trinajstić information content (AvgIpc) is 2.44. The van der Waals surface area contributed by atoms with Crippen molar-refractivity contribution < 1.29 is 5.11 Å². The van der Waals surface area contributed by atoms with E-state index < -0.39 is 5.60 Å². The van der Waals surface area contributed by atoms with Gasteiger partial charge in [-0.2, -0.15) is 0 Å². The van der Waals surface area contributed by atoms with E-state index in [2.05, 4.69) is 5.32 Å². The number of hydrogen-bond acceptors (Lipinski definition) is 3. The van der Waals surface area contributed by atoms with Gasteiger partial charge in [0.15, 0.2) is 0 Å². The molecule has 4 N–H and O–H groups in total. The van der Waals surface area contributed by atoms with E-state index >= 15 is 0 Å². The van der Waals surface area contributed by atoms with Gasteiger partial charge in [-0.05, 0) is 38.5 Å². The molecule has 0 aromatic heterocycles. The van der Waals surface area contributed by atoms with Crippen LogP contribution in [0.5, 0.6) is 0 Å². The first kappa shape index (κ1) is 10.1. The summed E-state index contributed by atoms with van der Waals surface area (Å²) < 4.78 is 0. The molecule has 3 aliphatic rings. The normalized spacial score (nSPS) is 47.6. The van der Waals surface area contributed by atoms with Crippen molar-refractivity contribution in [2.45, 2.75) is 62.6 Å². The number of rotatable bonds is 2. The van der Waals surface area contributed by atoms with E-state index in [1.165, 1.54) is 19.3 Å². The largest absolute Gasteiger partial charge is 0.389 e. The third-order valence-electron chi connectivity index (χ3n) is 5.19. The van der Waals surface area contributed by atoms with Crippen LogP contribution in [0.25, 0.3) is 0 Å². The first-order valence-electron chi connectivity index (χ1n) is 6.36. The van der Waals surface area contributed by atoms with Crippen molar-refractivity contribution in [1.82, 2.24) is 5.32 Å². The molecule has 2 bridgehead atoms. The molecule has 0 aromatic carbocycles. The van der Waals surface area contributed by atoms with Gasteiger partial charge in [-0.15, -0.1) is 0 Å². The van der Waals surface area contributed by atoms with Crippen LogP contribution in [-0.4, -0.2) is 29.3 Å². The van der Waals surface area contributed by atoms with E-state index in [0.29, 0.717) is 18.6 Å². The fourth-order valence-corrected chi connectivity index (χ4v) is 4.02. The lowest BCUT2D eigenvalue weighted by Gasteiger charge is -2.56. The molecule has 15 heavy (non-hydrogen) atoms. The molecule has 2 atom stereocenters. The van der Waals surface area contributed by atoms with Crippen LogP contribution in [0.3, 0.4) is 0 Å². The van der Waals surface area contributed by atoms with Gasteiger partial charge in [0, 0.05) is 24.0 Å². The van der Waals surface area contributed by atoms with Crippen molar-refractivity contribution in [2.75, 3.05) is 6.54 Å². The minimum Gasteiger partial charge on any atom is -0.389 e. The zero-order valence-corrected chi connectivity index (χ0v) is 9.34. The fraction of sp³-hybridized carbons (Fsp3) is 1.00. The first-order valence-corrected chi connectivity index (χ1v) is 6.36. The molecule has 2 heterocycles. The van der Waals surface area contributed by atoms with Crippen LogP contribution in [0, 0.1) is 5.41 Å². The summed E-state index contributed by atoms with van der Waals surface area (Å²) in [5.74, 6) is 0. The summed E-state index contributed by atoms with van der Waals surface area (Å²) >= 11 is 0. The van der Waals surface area contributed by atoms with E-state index in [-0.39, 0.29) is 5.41 Å². The molecule has 1 saturated carbocycles. The third kappa shape index (κ3) is 1.30. The SMILES string of the molecule is NCC1(C2(O)CC3CCC(C2)N3)CCC1. The number of hydrogen-bond donors (Lipinski definition) is 3. The zero-order valence-electron chi connectivity index (χ0n) is 9.34. The summed E-state index contributed by atoms with van der Waals surface area (Å²) in [5.41, 5.74) is 5.52. The highest BCUT2D eigenvalue weighted by Gasteiger charge is 2.57. The number of nitrogens with one attached hydrogen (secondary N) is 1. The Balaban J connectivity index is 1.83. The van der Waals surface area contributed by atoms with Crippen molar-refractivity contribution in [2.24, 2.45) is 11.1 Å². The molecule has 3 rings (SSSR count). The Kier molecular flexibility index (Phi) is 2.14. The van der Waals surface area contributed by atoms with Crippen LogP contribution in [-0.2, 0) is 0 Å². The molecule has 0 amide bonds. The fourth-order valence-electron chi connectivity index (χ4n) is 4.02. The molecule has 3 heteroatoms. The molecule has 0 radical (unpaired) electrons. The van der Waals surface area contributed by atoms with Crippen molar-refractivity contribution >= 4 is 0 Å². The van der Waals surface area contributed by atoms with Gasteiger partial charge in [0.2, 0.25) is 0 Å². The molecule has 3 nitrogen and oxygen atoms in total. The second-order valence-electron chi connectivity index (χ2n) is 5.92. The van der Waals surface area contributed by atoms with E-state index in [0.717, 1.165) is 25.7 Å². The van der Waals surface area contributed by atoms with Crippen LogP contribution in [0.1, 0.15) is 44.9 Å². The van der Waals surface area contributed by atoms with Crippen molar-refractivity contribution in [1.29, 1.82) is 0 Å². The molecule has 0 spiro atoms. The summed E-state index contributed by atoms with van der Waals surface area (Å²) in [7, 11) is 0. The summed E-state index contributed by atoms with van der Waals surface area (Å²) in [5, 5.41) is 14.5. The van der Waals surface area contributed by atoms with E-state index in [1.54, 1.807) is 0 Å². The molecule has 2 unspecified atom stereocenters. The lowest BCUT2D eigenvalue weighted by molar-refractivity contribution is -0.147. The summed E-state index contributed by atoms with van der Waals surface area (Å²) in [6.45, 7) is 0.670. The van der Waals surface area contributed by atoms with Gasteiger partial charge >= 0.3 is 0 Å². The highest BCUT2D eigenvalue weighted by molar-refractivity contribution is 5.11. The Hall–Kier alpha value is -0.120. The van der Waals surface area contributed by atoms with Gasteiger partial charge in [-0.1, -0.05) is 6.42 Å². The van der Waals surface area contributed by atoms with Gasteiger partial charge in [-0.3, -0.25) is 0 Å². The summed E-state index contributed by atoms with van der Waals surface area (Å²) in [6, 6.07) is 1.11. The number of nitrogens with two attached hydrogens (primary N) is 1. The first-order chi connectivity index (χ1) is 7.17. The van der Waals surface area contributed by atoms with Crippen LogP contribution in [0.15, 0.2) is 0 Å². The van der Waals surface area contributed by atoms with Crippen LogP contribution in [0.4, 0.5) is 0 Å². The molecule has 1 aliphatic carbocycles. The smallest absolute Gasteiger partial charge is 0.0745 e. The maximum absolute atomic E-state index is 10.9. The van der Waals surface area contributed by atoms with Crippen LogP contribution < -0.4 is 11.1 Å². The quantitative estimate of drug-likeness (QED) is 0.630. The zero-order chi connectivity index (χ0) is 10.5.